The first-order valence-corrected chi connectivity index (χ1v) is 3.97. The second kappa shape index (κ2) is 3.74. The molecule has 1 aromatic carbocycles. The third kappa shape index (κ3) is 2.20. The molecule has 0 fully saturated rings. The van der Waals surface area contributed by atoms with Gasteiger partial charge in [-0.3, -0.25) is 0 Å². The molecule has 0 spiro atoms. The summed E-state index contributed by atoms with van der Waals surface area (Å²) in [6, 6.07) is 7.51. The summed E-state index contributed by atoms with van der Waals surface area (Å²) in [6.07, 6.45) is 0. The van der Waals surface area contributed by atoms with Crippen molar-refractivity contribution in [1.82, 2.24) is 0 Å². The van der Waals surface area contributed by atoms with Crippen molar-refractivity contribution in [2.24, 2.45) is 0 Å². The summed E-state index contributed by atoms with van der Waals surface area (Å²) in [6.45, 7) is 0. The first kappa shape index (κ1) is 8.56. The van der Waals surface area contributed by atoms with E-state index in [0.29, 0.717) is 4.20 Å². The molecule has 0 N–H and O–H groups in total. The predicted molar refractivity (Wildman–Crippen MR) is 53.7 cm³/mol. The molecule has 0 aliphatic rings. The minimum Gasteiger partial charge on any atom is -0.497 e. The Hall–Kier alpha value is -0.540. The number of benzene rings is 1. The Morgan fingerprint density at radius 2 is 2.27 bits per heavy atom. The molecule has 0 atom stereocenters. The first-order valence-electron chi connectivity index (χ1n) is 3.11. The highest BCUT2D eigenvalue weighted by molar-refractivity contribution is 8.11. The van der Waals surface area contributed by atoms with Gasteiger partial charge in [-0.15, -0.1) is 12.6 Å². The van der Waals surface area contributed by atoms with Crippen LogP contribution >= 0.6 is 24.8 Å². The van der Waals surface area contributed by atoms with Crippen LogP contribution in [0.1, 0.15) is 5.56 Å². The van der Waals surface area contributed by atoms with Crippen molar-refractivity contribution in [1.29, 1.82) is 0 Å². The van der Waals surface area contributed by atoms with Gasteiger partial charge >= 0.3 is 0 Å². The van der Waals surface area contributed by atoms with Gasteiger partial charge in [-0.25, -0.2) is 0 Å². The van der Waals surface area contributed by atoms with E-state index in [4.69, 9.17) is 17.0 Å². The molecule has 1 nitrogen and oxygen atoms in total. The Balaban J connectivity index is 3.01. The minimum atomic E-state index is 0.587. The maximum Gasteiger partial charge on any atom is 0.119 e. The SMILES string of the molecule is COc1cccc(C(=S)S)c1. The second-order valence-electron chi connectivity index (χ2n) is 2.04. The summed E-state index contributed by atoms with van der Waals surface area (Å²) >= 11 is 8.93. The quantitative estimate of drug-likeness (QED) is 0.558. The Labute approximate surface area is 76.8 Å². The average Bonchev–Trinajstić information content (AvgIpc) is 2.05. The maximum absolute atomic E-state index is 5.01. The van der Waals surface area contributed by atoms with Gasteiger partial charge in [0.15, 0.2) is 0 Å². The molecule has 0 aliphatic heterocycles. The lowest BCUT2D eigenvalue weighted by Crippen LogP contribution is -1.88. The van der Waals surface area contributed by atoms with E-state index < -0.39 is 0 Å². The van der Waals surface area contributed by atoms with Gasteiger partial charge in [-0.05, 0) is 12.1 Å². The van der Waals surface area contributed by atoms with Crippen LogP contribution in [0.4, 0.5) is 0 Å². The van der Waals surface area contributed by atoms with Crippen LogP contribution in [0.2, 0.25) is 0 Å². The Morgan fingerprint density at radius 3 is 2.82 bits per heavy atom. The van der Waals surface area contributed by atoms with Crippen molar-refractivity contribution < 1.29 is 4.74 Å². The topological polar surface area (TPSA) is 9.23 Å². The molecule has 0 aliphatic carbocycles. The number of methoxy groups -OCH3 is 1. The summed E-state index contributed by atoms with van der Waals surface area (Å²) in [5.41, 5.74) is 0.919. The highest BCUT2D eigenvalue weighted by Gasteiger charge is 1.96. The van der Waals surface area contributed by atoms with Crippen molar-refractivity contribution in [2.75, 3.05) is 7.11 Å². The van der Waals surface area contributed by atoms with E-state index in [-0.39, 0.29) is 0 Å². The molecule has 0 aromatic heterocycles. The van der Waals surface area contributed by atoms with E-state index in [9.17, 15) is 0 Å². The normalized spacial score (nSPS) is 9.27. The predicted octanol–water partition coefficient (Wildman–Crippen LogP) is 2.30. The summed E-state index contributed by atoms with van der Waals surface area (Å²) in [5.74, 6) is 0.805. The zero-order valence-electron chi connectivity index (χ0n) is 6.07. The van der Waals surface area contributed by atoms with Crippen molar-refractivity contribution in [3.8, 4) is 5.75 Å². The Bertz CT molecular complexity index is 271. The summed E-state index contributed by atoms with van der Waals surface area (Å²) in [5, 5.41) is 0. The Morgan fingerprint density at radius 1 is 1.55 bits per heavy atom. The van der Waals surface area contributed by atoms with Gasteiger partial charge in [0.1, 0.15) is 5.75 Å². The van der Waals surface area contributed by atoms with Gasteiger partial charge in [0.25, 0.3) is 0 Å². The lowest BCUT2D eigenvalue weighted by Gasteiger charge is -2.00. The molecule has 58 valence electrons. The molecule has 0 saturated carbocycles. The van der Waals surface area contributed by atoms with Gasteiger partial charge in [-0.1, -0.05) is 24.4 Å². The van der Waals surface area contributed by atoms with Gasteiger partial charge in [0, 0.05) is 5.56 Å². The Kier molecular flexibility index (Phi) is 2.91. The molecule has 0 radical (unpaired) electrons. The number of thiocarbonyl (C=S) groups is 1. The summed E-state index contributed by atoms with van der Waals surface area (Å²) < 4.78 is 5.60. The number of hydrogen-bond donors (Lipinski definition) is 1. The fourth-order valence-corrected chi connectivity index (χ4v) is 1.02. The van der Waals surface area contributed by atoms with Crippen LogP contribution < -0.4 is 4.74 Å². The molecule has 0 bridgehead atoms. The molecule has 11 heavy (non-hydrogen) atoms. The maximum atomic E-state index is 5.01. The smallest absolute Gasteiger partial charge is 0.119 e. The molecule has 0 saturated heterocycles. The van der Waals surface area contributed by atoms with Crippen LogP contribution in [0, 0.1) is 0 Å². The molecular weight excluding hydrogens is 176 g/mol. The minimum absolute atomic E-state index is 0.587. The van der Waals surface area contributed by atoms with Gasteiger partial charge in [0.05, 0.1) is 11.3 Å². The molecule has 0 amide bonds. The molecule has 1 aromatic rings. The van der Waals surface area contributed by atoms with Crippen LogP contribution in [0.3, 0.4) is 0 Å². The van der Waals surface area contributed by atoms with Crippen LogP contribution in [0.5, 0.6) is 5.75 Å². The highest BCUT2D eigenvalue weighted by atomic mass is 32.1. The van der Waals surface area contributed by atoms with E-state index in [1.54, 1.807) is 7.11 Å². The first-order chi connectivity index (χ1) is 5.24. The highest BCUT2D eigenvalue weighted by Crippen LogP contribution is 2.14. The number of hydrogen-bond acceptors (Lipinski definition) is 2. The van der Waals surface area contributed by atoms with Crippen LogP contribution in [0.25, 0.3) is 0 Å². The van der Waals surface area contributed by atoms with Crippen molar-refractivity contribution in [2.45, 2.75) is 0 Å². The van der Waals surface area contributed by atoms with Gasteiger partial charge in [-0.2, -0.15) is 0 Å². The van der Waals surface area contributed by atoms with Crippen LogP contribution in [-0.2, 0) is 0 Å². The van der Waals surface area contributed by atoms with E-state index in [0.717, 1.165) is 11.3 Å². The van der Waals surface area contributed by atoms with E-state index in [1.165, 1.54) is 0 Å². The zero-order chi connectivity index (χ0) is 8.27. The fraction of sp³-hybridized carbons (Fsp3) is 0.125. The lowest BCUT2D eigenvalue weighted by atomic mass is 10.2. The van der Waals surface area contributed by atoms with E-state index in [1.807, 2.05) is 24.3 Å². The lowest BCUT2D eigenvalue weighted by molar-refractivity contribution is 0.415. The van der Waals surface area contributed by atoms with Crippen LogP contribution in [-0.4, -0.2) is 11.3 Å². The fourth-order valence-electron chi connectivity index (χ4n) is 0.756. The second-order valence-corrected chi connectivity index (χ2v) is 3.20. The standard InChI is InChI=1S/C8H8OS2/c1-9-7-4-2-3-6(5-7)8(10)11/h2-5H,1H3,(H,10,11). The van der Waals surface area contributed by atoms with Gasteiger partial charge in [0.2, 0.25) is 0 Å². The van der Waals surface area contributed by atoms with Crippen LogP contribution in [0.15, 0.2) is 24.3 Å². The largest absolute Gasteiger partial charge is 0.497 e. The summed E-state index contributed by atoms with van der Waals surface area (Å²) in [7, 11) is 1.63. The van der Waals surface area contributed by atoms with Crippen molar-refractivity contribution >= 4 is 29.0 Å². The summed E-state index contributed by atoms with van der Waals surface area (Å²) in [4.78, 5) is 0. The number of ether oxygens (including phenoxy) is 1. The molecule has 1 rings (SSSR count). The van der Waals surface area contributed by atoms with E-state index in [2.05, 4.69) is 12.6 Å². The van der Waals surface area contributed by atoms with Crippen molar-refractivity contribution in [3.05, 3.63) is 29.8 Å². The molecular formula is C8H8OS2. The third-order valence-electron chi connectivity index (χ3n) is 1.32. The average molecular weight is 184 g/mol. The number of thiol groups is 1. The molecule has 0 heterocycles. The van der Waals surface area contributed by atoms with Gasteiger partial charge < -0.3 is 4.74 Å². The number of rotatable bonds is 2. The monoisotopic (exact) mass is 184 g/mol. The molecule has 0 unspecified atom stereocenters. The third-order valence-corrected chi connectivity index (χ3v) is 1.81. The van der Waals surface area contributed by atoms with Crippen molar-refractivity contribution in [3.63, 3.8) is 0 Å². The molecule has 3 heteroatoms. The zero-order valence-corrected chi connectivity index (χ0v) is 7.78. The van der Waals surface area contributed by atoms with E-state index >= 15 is 0 Å².